The number of nitrogens with zero attached hydrogens (tertiary/aromatic N) is 5. The molecule has 0 spiro atoms. The van der Waals surface area contributed by atoms with Crippen molar-refractivity contribution in [2.75, 3.05) is 46.6 Å². The molecule has 44 heavy (non-hydrogen) atoms. The van der Waals surface area contributed by atoms with Gasteiger partial charge in [-0.15, -0.1) is 31.6 Å². The summed E-state index contributed by atoms with van der Waals surface area (Å²) in [6.07, 6.45) is 3.58. The number of fused-ring (bicyclic) bond motifs is 1. The van der Waals surface area contributed by atoms with Gasteiger partial charge in [0.15, 0.2) is 0 Å². The lowest BCUT2D eigenvalue weighted by Gasteiger charge is -2.38. The molecule has 0 bridgehead atoms. The van der Waals surface area contributed by atoms with Crippen LogP contribution in [0.3, 0.4) is 0 Å². The molecule has 1 aromatic heterocycles. The molecular formula is C24H40N6O11S3. The molecule has 250 valence electrons. The summed E-state index contributed by atoms with van der Waals surface area (Å²) in [6.45, 7) is 2.65. The number of thiophene rings is 1. The number of carbonyl (C=O) groups is 2. The molecule has 2 N–H and O–H groups in total. The molecule has 0 aromatic carbocycles. The predicted octanol–water partition coefficient (Wildman–Crippen LogP) is 2.93. The van der Waals surface area contributed by atoms with Crippen LogP contribution in [-0.2, 0) is 34.0 Å². The largest absolute Gasteiger partial charge is 0.385 e. The maximum Gasteiger partial charge on any atom is 0.294 e. The lowest BCUT2D eigenvalue weighted by atomic mass is 10.1. The molecule has 17 nitrogen and oxygen atoms in total. The van der Waals surface area contributed by atoms with Gasteiger partial charge < -0.3 is 19.3 Å². The van der Waals surface area contributed by atoms with E-state index in [0.717, 1.165) is 27.7 Å². The molecule has 2 rings (SSSR count). The molecule has 0 saturated carbocycles. The normalized spacial score (nSPS) is 15.8. The van der Waals surface area contributed by atoms with Crippen molar-refractivity contribution in [1.82, 2.24) is 13.6 Å². The Hall–Kier alpha value is -2.78. The van der Waals surface area contributed by atoms with Crippen molar-refractivity contribution in [2.45, 2.75) is 79.2 Å². The number of carbonyl (C=O) groups excluding carboxylic acids is 2. The summed E-state index contributed by atoms with van der Waals surface area (Å²) in [4.78, 5) is 56.6. The van der Waals surface area contributed by atoms with Gasteiger partial charge in [-0.1, -0.05) is 12.8 Å². The number of hydrogen-bond acceptors (Lipinski definition) is 14. The minimum Gasteiger partial charge on any atom is -0.385 e. The van der Waals surface area contributed by atoms with Gasteiger partial charge in [-0.05, 0) is 45.1 Å². The number of methoxy groups -OCH3 is 1. The van der Waals surface area contributed by atoms with Crippen molar-refractivity contribution in [3.63, 3.8) is 0 Å². The summed E-state index contributed by atoms with van der Waals surface area (Å²) in [5, 5.41) is 18.8. The molecule has 0 radical (unpaired) electrons. The van der Waals surface area contributed by atoms with Gasteiger partial charge in [0.2, 0.25) is 11.8 Å². The molecule has 2 heterocycles. The highest BCUT2D eigenvalue weighted by Crippen LogP contribution is 2.44. The molecule has 0 aliphatic carbocycles. The summed E-state index contributed by atoms with van der Waals surface area (Å²) in [6, 6.07) is 1.09. The first-order valence-corrected chi connectivity index (χ1v) is 17.2. The maximum absolute atomic E-state index is 13.6. The lowest BCUT2D eigenvalue weighted by Crippen LogP contribution is -2.47. The van der Waals surface area contributed by atoms with E-state index in [-0.39, 0.29) is 49.3 Å². The Morgan fingerprint density at radius 3 is 2.16 bits per heavy atom. The van der Waals surface area contributed by atoms with E-state index in [9.17, 15) is 38.2 Å². The summed E-state index contributed by atoms with van der Waals surface area (Å²) in [5.41, 5.74) is 0.460. The fourth-order valence-corrected chi connectivity index (χ4v) is 9.06. The van der Waals surface area contributed by atoms with Gasteiger partial charge in [-0.25, -0.2) is 18.7 Å². The van der Waals surface area contributed by atoms with Crippen LogP contribution in [0.15, 0.2) is 14.5 Å². The fourth-order valence-electron chi connectivity index (χ4n) is 4.57. The SMILES string of the molecule is CCN(C(=O)CCCCCO[N+](=O)[O-])C1CN(CCCOC)S(=O)(=O)c2sc(SN(N)C(=O)CCCCCO[N+](=O)[O-])cc21. The van der Waals surface area contributed by atoms with Gasteiger partial charge in [0, 0.05) is 63.7 Å². The third-order valence-corrected chi connectivity index (χ3v) is 11.2. The first-order chi connectivity index (χ1) is 20.9. The van der Waals surface area contributed by atoms with Gasteiger partial charge in [-0.3, -0.25) is 9.59 Å². The molecule has 1 aromatic rings. The topological polar surface area (TPSA) is 218 Å². The van der Waals surface area contributed by atoms with E-state index >= 15 is 0 Å². The summed E-state index contributed by atoms with van der Waals surface area (Å²) in [5.74, 6) is 5.42. The minimum absolute atomic E-state index is 0.0477. The van der Waals surface area contributed by atoms with E-state index in [1.807, 2.05) is 6.92 Å². The molecule has 1 aliphatic rings. The number of rotatable bonds is 22. The number of ether oxygens (including phenoxy) is 1. The van der Waals surface area contributed by atoms with Crippen molar-refractivity contribution >= 4 is 45.1 Å². The van der Waals surface area contributed by atoms with E-state index < -0.39 is 32.1 Å². The van der Waals surface area contributed by atoms with Crippen molar-refractivity contribution < 1.29 is 42.6 Å². The minimum atomic E-state index is -3.89. The van der Waals surface area contributed by atoms with Gasteiger partial charge in [0.05, 0.1) is 23.5 Å². The zero-order valence-electron chi connectivity index (χ0n) is 24.8. The zero-order chi connectivity index (χ0) is 32.7. The number of hydrogen-bond donors (Lipinski definition) is 1. The van der Waals surface area contributed by atoms with Gasteiger partial charge in [0.1, 0.15) is 4.21 Å². The van der Waals surface area contributed by atoms with Crippen LogP contribution in [0.5, 0.6) is 0 Å². The van der Waals surface area contributed by atoms with Crippen LogP contribution >= 0.6 is 23.3 Å². The second-order valence-corrected chi connectivity index (χ2v) is 14.2. The number of hydrazine groups is 1. The van der Waals surface area contributed by atoms with E-state index in [0.29, 0.717) is 67.9 Å². The van der Waals surface area contributed by atoms with Crippen LogP contribution < -0.4 is 5.84 Å². The number of sulfonamides is 1. The Kier molecular flexibility index (Phi) is 16.1. The predicted molar refractivity (Wildman–Crippen MR) is 159 cm³/mol. The number of unbranched alkanes of at least 4 members (excludes halogenated alkanes) is 4. The highest BCUT2D eigenvalue weighted by atomic mass is 32.3. The van der Waals surface area contributed by atoms with Crippen molar-refractivity contribution in [3.8, 4) is 0 Å². The molecule has 0 saturated heterocycles. The summed E-state index contributed by atoms with van der Waals surface area (Å²) < 4.78 is 35.2. The number of amides is 2. The lowest BCUT2D eigenvalue weighted by molar-refractivity contribution is -0.757. The Morgan fingerprint density at radius 2 is 1.61 bits per heavy atom. The standard InChI is InChI=1S/C24H40N6O11S3/c1-3-27(21(31)11-6-4-8-15-40-29(33)34)20-18-26(13-10-14-39-2)44(37,38)24-19(20)17-23(42-24)43-28(25)22(32)12-7-5-9-16-41-30(35)36/h17,20H,3-16,18,25H2,1-2H3. The summed E-state index contributed by atoms with van der Waals surface area (Å²) >= 11 is 1.88. The smallest absolute Gasteiger partial charge is 0.294 e. The molecule has 1 aliphatic heterocycles. The quantitative estimate of drug-likeness (QED) is 0.0464. The van der Waals surface area contributed by atoms with Gasteiger partial charge in [0.25, 0.3) is 20.2 Å². The van der Waals surface area contributed by atoms with Crippen LogP contribution in [0.1, 0.15) is 76.3 Å². The number of nitrogens with two attached hydrogens (primary N) is 1. The first kappa shape index (κ1) is 37.4. The molecule has 20 heteroatoms. The third kappa shape index (κ3) is 11.6. The Bertz CT molecular complexity index is 1220. The van der Waals surface area contributed by atoms with Crippen LogP contribution in [0.4, 0.5) is 0 Å². The number of likely N-dealkylation sites (N-methyl/N-ethyl adjacent to an activating group) is 1. The van der Waals surface area contributed by atoms with E-state index in [4.69, 9.17) is 10.6 Å². The second kappa shape index (κ2) is 18.9. The molecular weight excluding hydrogens is 644 g/mol. The Balaban J connectivity index is 2.16. The Labute approximate surface area is 264 Å². The highest BCUT2D eigenvalue weighted by molar-refractivity contribution is 8.00. The van der Waals surface area contributed by atoms with Crippen molar-refractivity contribution in [2.24, 2.45) is 5.84 Å². The van der Waals surface area contributed by atoms with E-state index in [2.05, 4.69) is 9.68 Å². The first-order valence-electron chi connectivity index (χ1n) is 14.1. The van der Waals surface area contributed by atoms with Crippen molar-refractivity contribution in [1.29, 1.82) is 0 Å². The average molecular weight is 685 g/mol. The van der Waals surface area contributed by atoms with E-state index in [1.54, 1.807) is 11.0 Å². The molecule has 2 amide bonds. The van der Waals surface area contributed by atoms with E-state index in [1.165, 1.54) is 11.4 Å². The second-order valence-electron chi connectivity index (χ2n) is 9.76. The van der Waals surface area contributed by atoms with Gasteiger partial charge >= 0.3 is 0 Å². The van der Waals surface area contributed by atoms with Crippen LogP contribution in [-0.4, -0.2) is 90.6 Å². The highest BCUT2D eigenvalue weighted by Gasteiger charge is 2.42. The zero-order valence-corrected chi connectivity index (χ0v) is 27.2. The Morgan fingerprint density at radius 1 is 1.02 bits per heavy atom. The van der Waals surface area contributed by atoms with Crippen LogP contribution in [0, 0.1) is 20.2 Å². The average Bonchev–Trinajstić information content (AvgIpc) is 3.39. The maximum atomic E-state index is 13.6. The third-order valence-electron chi connectivity index (χ3n) is 6.70. The van der Waals surface area contributed by atoms with Crippen LogP contribution in [0.2, 0.25) is 0 Å². The molecule has 1 atom stereocenters. The van der Waals surface area contributed by atoms with Crippen molar-refractivity contribution in [3.05, 3.63) is 31.9 Å². The monoisotopic (exact) mass is 684 g/mol. The molecule has 1 unspecified atom stereocenters. The van der Waals surface area contributed by atoms with Gasteiger partial charge in [-0.2, -0.15) is 4.31 Å². The fraction of sp³-hybridized carbons (Fsp3) is 0.750. The van der Waals surface area contributed by atoms with Crippen LogP contribution in [0.25, 0.3) is 0 Å². The summed E-state index contributed by atoms with van der Waals surface area (Å²) in [7, 11) is -2.36. The molecule has 0 fully saturated rings.